The van der Waals surface area contributed by atoms with Gasteiger partial charge in [0.05, 0.1) is 17.1 Å². The number of anilines is 1. The van der Waals surface area contributed by atoms with E-state index in [-0.39, 0.29) is 12.2 Å². The van der Waals surface area contributed by atoms with Crippen molar-refractivity contribution in [3.63, 3.8) is 0 Å². The third-order valence-corrected chi connectivity index (χ3v) is 6.27. The fraction of sp³-hybridized carbons (Fsp3) is 0.160. The van der Waals surface area contributed by atoms with E-state index >= 15 is 0 Å². The summed E-state index contributed by atoms with van der Waals surface area (Å²) in [5.41, 5.74) is 2.84. The molecule has 174 valence electrons. The van der Waals surface area contributed by atoms with Gasteiger partial charge < -0.3 is 9.64 Å². The van der Waals surface area contributed by atoms with Crippen molar-refractivity contribution in [1.29, 1.82) is 0 Å². The first-order valence-electron chi connectivity index (χ1n) is 10.3. The molecule has 0 aliphatic heterocycles. The fourth-order valence-corrected chi connectivity index (χ4v) is 4.17. The molecular formula is C25H21BrCl2N4O2. The van der Waals surface area contributed by atoms with E-state index in [0.717, 1.165) is 15.7 Å². The summed E-state index contributed by atoms with van der Waals surface area (Å²) in [6, 6.07) is 16.4. The number of nitrogens with zero attached hydrogens (tertiary/aromatic N) is 4. The van der Waals surface area contributed by atoms with Gasteiger partial charge in [-0.05, 0) is 49.4 Å². The molecule has 0 bridgehead atoms. The van der Waals surface area contributed by atoms with E-state index in [9.17, 15) is 4.79 Å². The van der Waals surface area contributed by atoms with E-state index in [4.69, 9.17) is 27.9 Å². The molecule has 0 aliphatic carbocycles. The van der Waals surface area contributed by atoms with Gasteiger partial charge in [0.15, 0.2) is 0 Å². The fourth-order valence-electron chi connectivity index (χ4n) is 3.34. The normalized spacial score (nSPS) is 11.4. The maximum Gasteiger partial charge on any atom is 0.282 e. The topological polar surface area (TPSA) is 59.7 Å². The summed E-state index contributed by atoms with van der Waals surface area (Å²) in [5.74, 6) is 1.08. The maximum absolute atomic E-state index is 13.1. The van der Waals surface area contributed by atoms with E-state index in [1.165, 1.54) is 4.68 Å². The standard InChI is InChI=1S/C25H21BrCl2N4O2/c1-15-30-23-9-6-18(26)10-21(23)25(33)32(15)29-13-16-5-8-20(31(2)3)12-24(16)34-14-17-4-7-19(27)11-22(17)28/h4-13H,14H2,1-3H3. The minimum absolute atomic E-state index is 0.248. The summed E-state index contributed by atoms with van der Waals surface area (Å²) in [4.78, 5) is 19.5. The summed E-state index contributed by atoms with van der Waals surface area (Å²) in [5, 5.41) is 6.01. The molecule has 4 aromatic rings. The molecule has 0 saturated carbocycles. The van der Waals surface area contributed by atoms with Crippen molar-refractivity contribution in [2.24, 2.45) is 5.10 Å². The van der Waals surface area contributed by atoms with Crippen LogP contribution in [-0.4, -0.2) is 30.0 Å². The number of ether oxygens (including phenoxy) is 1. The number of rotatable bonds is 6. The summed E-state index contributed by atoms with van der Waals surface area (Å²) in [6.45, 7) is 1.99. The van der Waals surface area contributed by atoms with Crippen molar-refractivity contribution < 1.29 is 4.74 Å². The lowest BCUT2D eigenvalue weighted by Gasteiger charge is -2.16. The Bertz CT molecular complexity index is 1470. The van der Waals surface area contributed by atoms with Crippen LogP contribution in [0, 0.1) is 6.92 Å². The summed E-state index contributed by atoms with van der Waals surface area (Å²) >= 11 is 15.7. The molecule has 0 unspecified atom stereocenters. The third-order valence-electron chi connectivity index (χ3n) is 5.19. The van der Waals surface area contributed by atoms with Crippen molar-refractivity contribution in [3.8, 4) is 5.75 Å². The van der Waals surface area contributed by atoms with E-state index in [0.29, 0.717) is 38.1 Å². The molecule has 9 heteroatoms. The van der Waals surface area contributed by atoms with Crippen LogP contribution in [0.25, 0.3) is 10.9 Å². The van der Waals surface area contributed by atoms with Crippen LogP contribution in [0.5, 0.6) is 5.75 Å². The minimum atomic E-state index is -0.250. The van der Waals surface area contributed by atoms with Crippen LogP contribution in [0.1, 0.15) is 17.0 Å². The predicted octanol–water partition coefficient (Wildman–Crippen LogP) is 6.30. The van der Waals surface area contributed by atoms with E-state index in [1.807, 2.05) is 49.3 Å². The average Bonchev–Trinajstić information content (AvgIpc) is 2.79. The summed E-state index contributed by atoms with van der Waals surface area (Å²) in [7, 11) is 3.90. The molecule has 0 atom stereocenters. The van der Waals surface area contributed by atoms with Gasteiger partial charge in [0, 0.05) is 51.5 Å². The average molecular weight is 560 g/mol. The van der Waals surface area contributed by atoms with Crippen LogP contribution in [-0.2, 0) is 6.61 Å². The first kappa shape index (κ1) is 24.3. The molecule has 0 amide bonds. The molecule has 0 aliphatic rings. The monoisotopic (exact) mass is 558 g/mol. The van der Waals surface area contributed by atoms with Crippen LogP contribution in [0.4, 0.5) is 5.69 Å². The number of aromatic nitrogens is 2. The first-order chi connectivity index (χ1) is 16.2. The van der Waals surface area contributed by atoms with Crippen molar-refractivity contribution in [2.45, 2.75) is 13.5 Å². The van der Waals surface area contributed by atoms with Crippen LogP contribution in [0.2, 0.25) is 10.0 Å². The Morgan fingerprint density at radius 3 is 2.65 bits per heavy atom. The highest BCUT2D eigenvalue weighted by atomic mass is 79.9. The number of hydrogen-bond donors (Lipinski definition) is 0. The molecule has 0 saturated heterocycles. The minimum Gasteiger partial charge on any atom is -0.488 e. The number of aryl methyl sites for hydroxylation is 1. The SMILES string of the molecule is Cc1nc2ccc(Br)cc2c(=O)n1N=Cc1ccc(N(C)C)cc1OCc1ccc(Cl)cc1Cl. The summed E-state index contributed by atoms with van der Waals surface area (Å²) < 4.78 is 8.20. The van der Waals surface area contributed by atoms with E-state index in [1.54, 1.807) is 37.4 Å². The highest BCUT2D eigenvalue weighted by molar-refractivity contribution is 9.10. The number of hydrogen-bond acceptors (Lipinski definition) is 5. The second-order valence-corrected chi connectivity index (χ2v) is 9.58. The quantitative estimate of drug-likeness (QED) is 0.260. The Morgan fingerprint density at radius 2 is 1.91 bits per heavy atom. The molecule has 3 aromatic carbocycles. The Kier molecular flexibility index (Phi) is 7.26. The zero-order chi connectivity index (χ0) is 24.4. The number of fused-ring (bicyclic) bond motifs is 1. The molecular weight excluding hydrogens is 539 g/mol. The van der Waals surface area contributed by atoms with Crippen molar-refractivity contribution in [2.75, 3.05) is 19.0 Å². The van der Waals surface area contributed by atoms with Crippen molar-refractivity contribution in [1.82, 2.24) is 9.66 Å². The largest absolute Gasteiger partial charge is 0.488 e. The van der Waals surface area contributed by atoms with Gasteiger partial charge in [0.1, 0.15) is 18.2 Å². The lowest BCUT2D eigenvalue weighted by Crippen LogP contribution is -2.20. The van der Waals surface area contributed by atoms with Crippen LogP contribution in [0.15, 0.2) is 69.0 Å². The van der Waals surface area contributed by atoms with Gasteiger partial charge >= 0.3 is 0 Å². The zero-order valence-electron chi connectivity index (χ0n) is 18.7. The molecule has 6 nitrogen and oxygen atoms in total. The lowest BCUT2D eigenvalue weighted by molar-refractivity contribution is 0.306. The smallest absolute Gasteiger partial charge is 0.282 e. The number of benzene rings is 3. The Labute approximate surface area is 215 Å². The molecule has 0 fully saturated rings. The highest BCUT2D eigenvalue weighted by Crippen LogP contribution is 2.27. The summed E-state index contributed by atoms with van der Waals surface area (Å²) in [6.07, 6.45) is 1.60. The van der Waals surface area contributed by atoms with Gasteiger partial charge in [0.25, 0.3) is 5.56 Å². The highest BCUT2D eigenvalue weighted by Gasteiger charge is 2.11. The van der Waals surface area contributed by atoms with Gasteiger partial charge in [0.2, 0.25) is 0 Å². The van der Waals surface area contributed by atoms with Gasteiger partial charge in [-0.25, -0.2) is 4.98 Å². The van der Waals surface area contributed by atoms with E-state index in [2.05, 4.69) is 26.0 Å². The van der Waals surface area contributed by atoms with Crippen LogP contribution < -0.4 is 15.2 Å². The Hall–Kier alpha value is -2.87. The van der Waals surface area contributed by atoms with Crippen LogP contribution in [0.3, 0.4) is 0 Å². The Balaban J connectivity index is 1.71. The predicted molar refractivity (Wildman–Crippen MR) is 143 cm³/mol. The third kappa shape index (κ3) is 5.27. The van der Waals surface area contributed by atoms with Gasteiger partial charge in [-0.1, -0.05) is 45.2 Å². The van der Waals surface area contributed by atoms with Gasteiger partial charge in [-0.3, -0.25) is 4.79 Å². The Morgan fingerprint density at radius 1 is 1.12 bits per heavy atom. The molecule has 34 heavy (non-hydrogen) atoms. The van der Waals surface area contributed by atoms with Crippen molar-refractivity contribution >= 4 is 61.9 Å². The maximum atomic E-state index is 13.1. The first-order valence-corrected chi connectivity index (χ1v) is 11.9. The van der Waals surface area contributed by atoms with E-state index < -0.39 is 0 Å². The molecule has 0 N–H and O–H groups in total. The zero-order valence-corrected chi connectivity index (χ0v) is 21.8. The molecule has 4 rings (SSSR count). The number of halogens is 3. The molecule has 0 radical (unpaired) electrons. The second kappa shape index (κ2) is 10.2. The van der Waals surface area contributed by atoms with Crippen LogP contribution >= 0.6 is 39.1 Å². The lowest BCUT2D eigenvalue weighted by atomic mass is 10.2. The molecule has 1 heterocycles. The molecule has 1 aromatic heterocycles. The molecule has 0 spiro atoms. The van der Waals surface area contributed by atoms with Gasteiger partial charge in [-0.2, -0.15) is 9.78 Å². The van der Waals surface area contributed by atoms with Crippen molar-refractivity contribution in [3.05, 3.63) is 96.4 Å². The van der Waals surface area contributed by atoms with Gasteiger partial charge in [-0.15, -0.1) is 0 Å². The second-order valence-electron chi connectivity index (χ2n) is 7.82.